The van der Waals surface area contributed by atoms with Gasteiger partial charge in [0.25, 0.3) is 5.91 Å². The van der Waals surface area contributed by atoms with Gasteiger partial charge in [0.05, 0.1) is 41.6 Å². The number of nitrogens with zero attached hydrogens (tertiary/aromatic N) is 4. The summed E-state index contributed by atoms with van der Waals surface area (Å²) >= 11 is 0. The lowest BCUT2D eigenvalue weighted by molar-refractivity contribution is -0.190. The summed E-state index contributed by atoms with van der Waals surface area (Å²) in [4.78, 5) is 37.5. The van der Waals surface area contributed by atoms with Crippen LogP contribution in [0.3, 0.4) is 0 Å². The molecule has 2 aliphatic rings. The summed E-state index contributed by atoms with van der Waals surface area (Å²) in [6.07, 6.45) is -2.42. The third-order valence-corrected chi connectivity index (χ3v) is 9.42. The molecule has 3 aromatic rings. The van der Waals surface area contributed by atoms with E-state index in [4.69, 9.17) is 4.74 Å². The molecular weight excluding hydrogens is 575 g/mol. The van der Waals surface area contributed by atoms with E-state index in [1.807, 2.05) is 0 Å². The van der Waals surface area contributed by atoms with Crippen molar-refractivity contribution in [2.24, 2.45) is 5.92 Å². The normalized spacial score (nSPS) is 17.8. The van der Waals surface area contributed by atoms with Gasteiger partial charge in [-0.05, 0) is 43.0 Å². The molecule has 2 amide bonds. The predicted octanol–water partition coefficient (Wildman–Crippen LogP) is 4.11. The topological polar surface area (TPSA) is 122 Å². The van der Waals surface area contributed by atoms with Crippen molar-refractivity contribution in [2.75, 3.05) is 44.1 Å². The lowest BCUT2D eigenvalue weighted by Crippen LogP contribution is -2.44. The Morgan fingerprint density at radius 3 is 2.33 bits per heavy atom. The Morgan fingerprint density at radius 1 is 1.10 bits per heavy atom. The van der Waals surface area contributed by atoms with Crippen LogP contribution in [0.5, 0.6) is 5.88 Å². The molecular formula is C28H30F3N5O5S. The molecule has 0 aliphatic carbocycles. The Balaban J connectivity index is 1.42. The molecule has 10 nitrogen and oxygen atoms in total. The number of benzene rings is 1. The van der Waals surface area contributed by atoms with Gasteiger partial charge in [-0.1, -0.05) is 12.1 Å². The molecule has 0 bridgehead atoms. The van der Waals surface area contributed by atoms with E-state index >= 15 is 0 Å². The molecule has 42 heavy (non-hydrogen) atoms. The van der Waals surface area contributed by atoms with Gasteiger partial charge in [-0.15, -0.1) is 0 Å². The summed E-state index contributed by atoms with van der Waals surface area (Å²) in [5.74, 6) is -1.92. The molecule has 2 aromatic heterocycles. The van der Waals surface area contributed by atoms with Crippen molar-refractivity contribution in [2.45, 2.75) is 31.5 Å². The van der Waals surface area contributed by atoms with Crippen molar-refractivity contribution in [3.8, 4) is 5.88 Å². The predicted molar refractivity (Wildman–Crippen MR) is 149 cm³/mol. The first kappa shape index (κ1) is 29.5. The monoisotopic (exact) mass is 605 g/mol. The maximum absolute atomic E-state index is 14.2. The molecule has 1 aromatic carbocycles. The van der Waals surface area contributed by atoms with Gasteiger partial charge in [0.2, 0.25) is 11.8 Å². The van der Waals surface area contributed by atoms with Gasteiger partial charge < -0.3 is 19.9 Å². The van der Waals surface area contributed by atoms with Gasteiger partial charge in [0.15, 0.2) is 6.04 Å². The zero-order valence-electron chi connectivity index (χ0n) is 23.0. The smallest absolute Gasteiger partial charge is 0.413 e. The van der Waals surface area contributed by atoms with Crippen LogP contribution >= 0.6 is 0 Å². The minimum Gasteiger partial charge on any atom is -0.481 e. The molecule has 14 heteroatoms. The number of hydrogen-bond acceptors (Lipinski definition) is 8. The molecule has 2 fully saturated rings. The molecule has 2 saturated heterocycles. The number of nitrogens with one attached hydrogen (secondary N) is 1. The lowest BCUT2D eigenvalue weighted by Gasteiger charge is -2.34. The summed E-state index contributed by atoms with van der Waals surface area (Å²) in [6.45, 7) is 1.20. The average Bonchev–Trinajstić information content (AvgIpc) is 2.91. The largest absolute Gasteiger partial charge is 0.481 e. The molecule has 0 saturated carbocycles. The van der Waals surface area contributed by atoms with E-state index in [0.717, 1.165) is 13.5 Å². The van der Waals surface area contributed by atoms with Crippen LogP contribution in [-0.4, -0.2) is 84.9 Å². The Labute approximate surface area is 240 Å². The Morgan fingerprint density at radius 2 is 1.76 bits per heavy atom. The van der Waals surface area contributed by atoms with Gasteiger partial charge >= 0.3 is 6.18 Å². The number of sulfone groups is 1. The standard InChI is InChI=1S/C28H30F3N5O5S/c1-35(26(37)18-10-14-42(39,40)15-11-18)25(28(29,30)31)17-4-6-19(7-5-17)33-21-16-32-20-8-9-22(41-2)34-24(20)23(21)27(38)36-12-3-13-36/h4-9,16,18,25,33H,3,10-15H2,1-2H3/t25-/m0/s1. The summed E-state index contributed by atoms with van der Waals surface area (Å²) in [7, 11) is -0.724. The maximum atomic E-state index is 14.2. The third-order valence-electron chi connectivity index (χ3n) is 7.71. The summed E-state index contributed by atoms with van der Waals surface area (Å²) in [6, 6.07) is 6.49. The fourth-order valence-electron chi connectivity index (χ4n) is 5.24. The number of amides is 2. The molecule has 4 heterocycles. The Kier molecular flexibility index (Phi) is 8.01. The van der Waals surface area contributed by atoms with Crippen molar-refractivity contribution in [1.82, 2.24) is 19.8 Å². The van der Waals surface area contributed by atoms with Gasteiger partial charge in [-0.25, -0.2) is 13.4 Å². The van der Waals surface area contributed by atoms with Crippen LogP contribution in [-0.2, 0) is 14.6 Å². The Bertz CT molecular complexity index is 1600. The molecule has 1 N–H and O–H groups in total. The zero-order valence-corrected chi connectivity index (χ0v) is 23.8. The second kappa shape index (κ2) is 11.4. The van der Waals surface area contributed by atoms with Crippen LogP contribution < -0.4 is 10.1 Å². The van der Waals surface area contributed by atoms with E-state index in [2.05, 4.69) is 15.3 Å². The number of alkyl halides is 3. The van der Waals surface area contributed by atoms with E-state index in [1.165, 1.54) is 37.6 Å². The molecule has 0 spiro atoms. The van der Waals surface area contributed by atoms with Gasteiger partial charge in [0, 0.05) is 37.8 Å². The average molecular weight is 606 g/mol. The van der Waals surface area contributed by atoms with Gasteiger partial charge in [0.1, 0.15) is 15.4 Å². The zero-order chi connectivity index (χ0) is 30.2. The first-order chi connectivity index (χ1) is 19.9. The molecule has 2 aliphatic heterocycles. The lowest BCUT2D eigenvalue weighted by atomic mass is 9.98. The number of rotatable bonds is 7. The number of fused-ring (bicyclic) bond motifs is 1. The number of methoxy groups -OCH3 is 1. The SMILES string of the molecule is COc1ccc2ncc(Nc3ccc([C@H](N(C)C(=O)C4CCS(=O)(=O)CC4)C(F)(F)F)cc3)c(C(=O)N3CCC3)c2n1. The highest BCUT2D eigenvalue weighted by Gasteiger charge is 2.46. The highest BCUT2D eigenvalue weighted by atomic mass is 32.2. The number of carbonyl (C=O) groups is 2. The molecule has 224 valence electrons. The van der Waals surface area contributed by atoms with Crippen LogP contribution in [0.15, 0.2) is 42.6 Å². The molecule has 0 radical (unpaired) electrons. The quantitative estimate of drug-likeness (QED) is 0.427. The second-order valence-corrected chi connectivity index (χ2v) is 12.8. The van der Waals surface area contributed by atoms with E-state index in [0.29, 0.717) is 46.3 Å². The van der Waals surface area contributed by atoms with E-state index in [-0.39, 0.29) is 41.4 Å². The first-order valence-corrected chi connectivity index (χ1v) is 15.2. The minimum absolute atomic E-state index is 0.00204. The maximum Gasteiger partial charge on any atom is 0.413 e. The van der Waals surface area contributed by atoms with E-state index in [1.54, 1.807) is 17.0 Å². The number of carbonyl (C=O) groups excluding carboxylic acids is 2. The first-order valence-electron chi connectivity index (χ1n) is 13.4. The number of anilines is 2. The van der Waals surface area contributed by atoms with Crippen LogP contribution in [0.2, 0.25) is 0 Å². The van der Waals surface area contributed by atoms with Gasteiger partial charge in [-0.3, -0.25) is 14.6 Å². The van der Waals surface area contributed by atoms with Crippen molar-refractivity contribution in [3.05, 3.63) is 53.7 Å². The summed E-state index contributed by atoms with van der Waals surface area (Å²) < 4.78 is 71.4. The number of halogens is 3. The number of pyridine rings is 2. The van der Waals surface area contributed by atoms with Crippen molar-refractivity contribution < 1.29 is 35.9 Å². The highest BCUT2D eigenvalue weighted by Crippen LogP contribution is 2.39. The van der Waals surface area contributed by atoms with Gasteiger partial charge in [-0.2, -0.15) is 13.2 Å². The summed E-state index contributed by atoms with van der Waals surface area (Å²) in [5, 5.41) is 3.09. The Hall–Kier alpha value is -3.94. The fourth-order valence-corrected chi connectivity index (χ4v) is 6.73. The van der Waals surface area contributed by atoms with Crippen LogP contribution in [0.4, 0.5) is 24.5 Å². The van der Waals surface area contributed by atoms with Crippen molar-refractivity contribution >= 4 is 44.1 Å². The molecule has 0 unspecified atom stereocenters. The van der Waals surface area contributed by atoms with E-state index < -0.39 is 33.9 Å². The van der Waals surface area contributed by atoms with E-state index in [9.17, 15) is 31.2 Å². The van der Waals surface area contributed by atoms with Crippen LogP contribution in [0, 0.1) is 5.92 Å². The summed E-state index contributed by atoms with van der Waals surface area (Å²) in [5.41, 5.74) is 1.66. The number of likely N-dealkylation sites (tertiary alicyclic amines) is 1. The fraction of sp³-hybridized carbons (Fsp3) is 0.429. The van der Waals surface area contributed by atoms with Crippen molar-refractivity contribution in [1.29, 1.82) is 0 Å². The number of ether oxygens (including phenoxy) is 1. The molecule has 1 atom stereocenters. The number of aromatic nitrogens is 2. The highest BCUT2D eigenvalue weighted by molar-refractivity contribution is 7.91. The van der Waals surface area contributed by atoms with Crippen LogP contribution in [0.1, 0.15) is 41.2 Å². The minimum atomic E-state index is -4.77. The second-order valence-electron chi connectivity index (χ2n) is 10.5. The molecule has 5 rings (SSSR count). The van der Waals surface area contributed by atoms with Crippen molar-refractivity contribution in [3.63, 3.8) is 0 Å². The number of hydrogen-bond donors (Lipinski definition) is 1. The van der Waals surface area contributed by atoms with Crippen LogP contribution in [0.25, 0.3) is 11.0 Å². The third kappa shape index (κ3) is 5.98.